The molecule has 3 aromatic carbocycles. The van der Waals surface area contributed by atoms with E-state index >= 15 is 0 Å². The molecule has 0 unspecified atom stereocenters. The molecule has 2 fully saturated rings. The minimum atomic E-state index is -1.65. The number of hydrogen-bond acceptors (Lipinski definition) is 12. The first-order valence-electron chi connectivity index (χ1n) is 20.4. The highest BCUT2D eigenvalue weighted by molar-refractivity contribution is 6.14. The van der Waals surface area contributed by atoms with Crippen molar-refractivity contribution in [3.05, 3.63) is 119 Å². The Morgan fingerprint density at radius 1 is 0.850 bits per heavy atom. The molecule has 322 valence electrons. The molecule has 6 rings (SSSR count). The number of amides is 2. The van der Waals surface area contributed by atoms with E-state index < -0.39 is 66.2 Å². The Hall–Kier alpha value is -4.73. The smallest absolute Gasteiger partial charge is 0.417 e. The van der Waals surface area contributed by atoms with Gasteiger partial charge in [-0.25, -0.2) is 9.69 Å². The second-order valence-electron chi connectivity index (χ2n) is 16.1. The van der Waals surface area contributed by atoms with Gasteiger partial charge in [0.1, 0.15) is 35.8 Å². The molecule has 2 aliphatic rings. The molecule has 0 bridgehead atoms. The monoisotopic (exact) mass is 827 g/mol. The number of carbonyl (C=O) groups excluding carboxylic acids is 3. The second-order valence-corrected chi connectivity index (χ2v) is 16.1. The van der Waals surface area contributed by atoms with Crippen molar-refractivity contribution in [3.63, 3.8) is 0 Å². The lowest BCUT2D eigenvalue weighted by Gasteiger charge is -2.45. The van der Waals surface area contributed by atoms with E-state index in [4.69, 9.17) is 37.6 Å². The third kappa shape index (κ3) is 10.2. The number of ketones is 1. The minimum Gasteiger partial charge on any atom is -0.457 e. The number of furan rings is 1. The summed E-state index contributed by atoms with van der Waals surface area (Å²) >= 11 is 0. The maximum absolute atomic E-state index is 14.1. The molecule has 0 spiro atoms. The van der Waals surface area contributed by atoms with Gasteiger partial charge >= 0.3 is 6.09 Å². The van der Waals surface area contributed by atoms with Gasteiger partial charge in [-0.05, 0) is 55.9 Å². The van der Waals surface area contributed by atoms with E-state index in [1.54, 1.807) is 19.9 Å². The van der Waals surface area contributed by atoms with Crippen LogP contribution in [0.1, 0.15) is 67.1 Å². The van der Waals surface area contributed by atoms with Crippen molar-refractivity contribution >= 4 is 17.8 Å². The SMILES string of the molecule is CO[C@@H](C(=O)c1cc(-c2cccc(C)c2)c(CCCO[C@@H]2[C@@H](OC)O[C@H](CO)[C@@H](OCc3ccccc3)[C@@H]2OCc2ccccc2)o1)C(=O)N1C(=O)OC(C)(C)[C@@H]1C(C)C. The van der Waals surface area contributed by atoms with Crippen LogP contribution in [0.15, 0.2) is 95.4 Å². The summed E-state index contributed by atoms with van der Waals surface area (Å²) in [6.07, 6.45) is -5.48. The highest BCUT2D eigenvalue weighted by Crippen LogP contribution is 2.36. The molecule has 0 radical (unpaired) electrons. The van der Waals surface area contributed by atoms with Gasteiger partial charge in [0, 0.05) is 32.8 Å². The van der Waals surface area contributed by atoms with Crippen LogP contribution < -0.4 is 0 Å². The minimum absolute atomic E-state index is 0.0847. The molecule has 13 nitrogen and oxygen atoms in total. The number of benzene rings is 3. The van der Waals surface area contributed by atoms with Crippen molar-refractivity contribution in [2.45, 2.75) is 109 Å². The summed E-state index contributed by atoms with van der Waals surface area (Å²) in [5, 5.41) is 10.4. The highest BCUT2D eigenvalue weighted by atomic mass is 16.7. The van der Waals surface area contributed by atoms with Gasteiger partial charge in [-0.15, -0.1) is 0 Å². The van der Waals surface area contributed by atoms with Gasteiger partial charge in [0.05, 0.1) is 25.9 Å². The first-order chi connectivity index (χ1) is 28.9. The summed E-state index contributed by atoms with van der Waals surface area (Å²) in [4.78, 5) is 42.0. The number of cyclic esters (lactones) is 1. The Morgan fingerprint density at radius 2 is 1.50 bits per heavy atom. The van der Waals surface area contributed by atoms with E-state index in [-0.39, 0.29) is 38.1 Å². The summed E-state index contributed by atoms with van der Waals surface area (Å²) in [6.45, 7) is 9.60. The number of hydrogen-bond donors (Lipinski definition) is 1. The molecule has 7 atom stereocenters. The topological polar surface area (TPSA) is 152 Å². The number of aryl methyl sites for hydroxylation is 2. The Balaban J connectivity index is 1.22. The number of methoxy groups -OCH3 is 2. The van der Waals surface area contributed by atoms with E-state index in [1.807, 2.05) is 106 Å². The van der Waals surface area contributed by atoms with Crippen LogP contribution in [0, 0.1) is 12.8 Å². The Labute approximate surface area is 351 Å². The molecule has 4 aromatic rings. The zero-order valence-corrected chi connectivity index (χ0v) is 35.4. The number of rotatable bonds is 19. The van der Waals surface area contributed by atoms with E-state index in [2.05, 4.69) is 0 Å². The number of nitrogens with zero attached hydrogens (tertiary/aromatic N) is 1. The number of aliphatic hydroxyl groups excluding tert-OH is 1. The molecule has 60 heavy (non-hydrogen) atoms. The zero-order valence-electron chi connectivity index (χ0n) is 35.4. The molecule has 3 heterocycles. The van der Waals surface area contributed by atoms with Crippen LogP contribution in [0.3, 0.4) is 0 Å². The molecular weight excluding hydrogens is 771 g/mol. The predicted molar refractivity (Wildman–Crippen MR) is 221 cm³/mol. The second kappa shape index (κ2) is 20.2. The molecule has 2 saturated heterocycles. The summed E-state index contributed by atoms with van der Waals surface area (Å²) in [5.74, 6) is -1.28. The number of carbonyl (C=O) groups is 3. The molecule has 13 heteroatoms. The molecular formula is C47H57NO12. The van der Waals surface area contributed by atoms with Gasteiger partial charge in [-0.3, -0.25) is 9.59 Å². The van der Waals surface area contributed by atoms with Crippen LogP contribution in [0.4, 0.5) is 4.79 Å². The van der Waals surface area contributed by atoms with Crippen molar-refractivity contribution in [2.75, 3.05) is 27.4 Å². The van der Waals surface area contributed by atoms with Crippen LogP contribution in [0.5, 0.6) is 0 Å². The third-order valence-electron chi connectivity index (χ3n) is 10.9. The van der Waals surface area contributed by atoms with Crippen molar-refractivity contribution in [3.8, 4) is 11.1 Å². The summed E-state index contributed by atoms with van der Waals surface area (Å²) in [6, 6.07) is 28.3. The molecule has 1 aromatic heterocycles. The number of imide groups is 1. The molecule has 0 aliphatic carbocycles. The van der Waals surface area contributed by atoms with Gasteiger partial charge in [0.25, 0.3) is 5.91 Å². The largest absolute Gasteiger partial charge is 0.457 e. The Bertz CT molecular complexity index is 2030. The highest BCUT2D eigenvalue weighted by Gasteiger charge is 2.54. The van der Waals surface area contributed by atoms with Crippen LogP contribution in [0.2, 0.25) is 0 Å². The first-order valence-corrected chi connectivity index (χ1v) is 20.4. The van der Waals surface area contributed by atoms with Crippen molar-refractivity contribution in [2.24, 2.45) is 5.92 Å². The number of aliphatic hydroxyl groups is 1. The molecule has 2 amide bonds. The first kappa shape index (κ1) is 44.8. The number of ether oxygens (including phenoxy) is 7. The van der Waals surface area contributed by atoms with Crippen LogP contribution >= 0.6 is 0 Å². The number of Topliss-reactive ketones (excluding diaryl/α,β-unsaturated/α-hetero) is 1. The fraction of sp³-hybridized carbons (Fsp3) is 0.468. The zero-order chi connectivity index (χ0) is 43.0. The van der Waals surface area contributed by atoms with Crippen molar-refractivity contribution < 1.29 is 57.1 Å². The van der Waals surface area contributed by atoms with Crippen molar-refractivity contribution in [1.82, 2.24) is 4.90 Å². The predicted octanol–water partition coefficient (Wildman–Crippen LogP) is 7.09. The summed E-state index contributed by atoms with van der Waals surface area (Å²) in [7, 11) is 2.76. The van der Waals surface area contributed by atoms with Gasteiger partial charge < -0.3 is 42.7 Å². The lowest BCUT2D eigenvalue weighted by atomic mass is 9.88. The van der Waals surface area contributed by atoms with E-state index in [0.29, 0.717) is 24.2 Å². The fourth-order valence-electron chi connectivity index (χ4n) is 8.22. The lowest BCUT2D eigenvalue weighted by Crippen LogP contribution is -2.61. The van der Waals surface area contributed by atoms with Gasteiger partial charge in [-0.1, -0.05) is 104 Å². The average Bonchev–Trinajstić information content (AvgIpc) is 3.78. The Kier molecular flexibility index (Phi) is 15.1. The van der Waals surface area contributed by atoms with Gasteiger partial charge in [0.2, 0.25) is 11.9 Å². The maximum atomic E-state index is 14.1. The van der Waals surface area contributed by atoms with Crippen LogP contribution in [-0.4, -0.2) is 104 Å². The molecule has 1 N–H and O–H groups in total. The average molecular weight is 828 g/mol. The molecule has 0 saturated carbocycles. The van der Waals surface area contributed by atoms with E-state index in [1.165, 1.54) is 14.2 Å². The van der Waals surface area contributed by atoms with Gasteiger partial charge in [-0.2, -0.15) is 0 Å². The summed E-state index contributed by atoms with van der Waals surface area (Å²) in [5.41, 5.74) is 3.44. The Morgan fingerprint density at radius 3 is 2.08 bits per heavy atom. The quantitative estimate of drug-likeness (QED) is 0.0584. The normalized spacial score (nSPS) is 23.1. The lowest BCUT2D eigenvalue weighted by molar-refractivity contribution is -0.319. The maximum Gasteiger partial charge on any atom is 0.417 e. The standard InChI is InChI=1S/C47H57NO12/c1-29(2)43-47(4,5)60-46(52)48(43)44(51)40(53-6)38(50)36-25-34(33-21-14-16-30(3)24-33)35(58-36)22-15-23-55-42-41(57-28-32-19-12-9-13-20-32)39(37(26-49)59-45(42)54-7)56-27-31-17-10-8-11-18-31/h8-14,16-21,24-25,29,37,39-43,45,49H,15,22-23,26-28H2,1-7H3/t37-,39-,40+,41+,42+,43+,45+/m1/s1. The van der Waals surface area contributed by atoms with E-state index in [9.17, 15) is 19.5 Å². The van der Waals surface area contributed by atoms with Crippen LogP contribution in [0.25, 0.3) is 11.1 Å². The van der Waals surface area contributed by atoms with Crippen molar-refractivity contribution in [1.29, 1.82) is 0 Å². The van der Waals surface area contributed by atoms with Gasteiger partial charge in [0.15, 0.2) is 12.1 Å². The fourth-order valence-corrected chi connectivity index (χ4v) is 8.22. The van der Waals surface area contributed by atoms with E-state index in [0.717, 1.165) is 27.2 Å². The summed E-state index contributed by atoms with van der Waals surface area (Å²) < 4.78 is 48.8. The molecule has 2 aliphatic heterocycles. The van der Waals surface area contributed by atoms with Crippen LogP contribution in [-0.2, 0) is 57.6 Å². The third-order valence-corrected chi connectivity index (χ3v) is 10.9.